The first-order chi connectivity index (χ1) is 18.1. The van der Waals surface area contributed by atoms with Gasteiger partial charge in [-0.3, -0.25) is 0 Å². The van der Waals surface area contributed by atoms with Crippen molar-refractivity contribution in [2.45, 2.75) is 141 Å². The van der Waals surface area contributed by atoms with Crippen LogP contribution in [0.1, 0.15) is 135 Å². The molecule has 0 aromatic carbocycles. The molecule has 0 spiro atoms. The standard InChI is InChI=1S/C34H56F2O/c1-2-6-26-11-13-27(14-12-26)7-3-4-8-29-17-24-33(37-25-29)32-22-20-31(21-23-32)30-18-15-28(16-19-30)9-5-10-34(35)36/h2,6,10,26-33H,3-5,7-9,11-25H2,1H3. The third-order valence-electron chi connectivity index (χ3n) is 11.0. The fraction of sp³-hybridized carbons (Fsp3) is 0.882. The molecule has 4 rings (SSSR count). The number of ether oxygens (including phenoxy) is 1. The number of hydrogen-bond donors (Lipinski definition) is 0. The molecule has 212 valence electrons. The van der Waals surface area contributed by atoms with Gasteiger partial charge in [0.2, 0.25) is 0 Å². The minimum absolute atomic E-state index is 0.532. The second-order valence-corrected chi connectivity index (χ2v) is 13.4. The highest BCUT2D eigenvalue weighted by molar-refractivity contribution is 4.89. The van der Waals surface area contributed by atoms with Crippen molar-refractivity contribution >= 4 is 0 Å². The average molecular weight is 519 g/mol. The summed E-state index contributed by atoms with van der Waals surface area (Å²) in [5, 5.41) is 0. The minimum Gasteiger partial charge on any atom is -0.378 e. The maximum atomic E-state index is 12.3. The molecule has 4 aliphatic rings. The molecule has 1 heterocycles. The Balaban J connectivity index is 1.03. The van der Waals surface area contributed by atoms with Crippen molar-refractivity contribution in [1.29, 1.82) is 0 Å². The van der Waals surface area contributed by atoms with Crippen LogP contribution in [-0.4, -0.2) is 12.7 Å². The number of rotatable bonds is 11. The lowest BCUT2D eigenvalue weighted by atomic mass is 9.67. The fourth-order valence-corrected chi connectivity index (χ4v) is 8.60. The Bertz CT molecular complexity index is 666. The van der Waals surface area contributed by atoms with Crippen LogP contribution < -0.4 is 0 Å². The SMILES string of the molecule is CC=CC1CCC(CCCCC2CCC(C3CCC(C4CCC(CCC=C(F)F)CC4)CC3)OC2)CC1. The van der Waals surface area contributed by atoms with Gasteiger partial charge in [-0.2, -0.15) is 8.78 Å². The Morgan fingerprint density at radius 1 is 0.649 bits per heavy atom. The molecule has 1 saturated heterocycles. The average Bonchev–Trinajstić information content (AvgIpc) is 2.93. The van der Waals surface area contributed by atoms with Crippen molar-refractivity contribution in [2.24, 2.45) is 41.4 Å². The first kappa shape index (κ1) is 29.3. The van der Waals surface area contributed by atoms with Gasteiger partial charge < -0.3 is 4.74 Å². The molecule has 0 aromatic heterocycles. The maximum Gasteiger partial charge on any atom is 0.266 e. The van der Waals surface area contributed by atoms with E-state index in [2.05, 4.69) is 19.1 Å². The van der Waals surface area contributed by atoms with Crippen molar-refractivity contribution in [2.75, 3.05) is 6.61 Å². The lowest BCUT2D eigenvalue weighted by Gasteiger charge is -2.41. The normalized spacial score (nSPS) is 37.5. The van der Waals surface area contributed by atoms with Gasteiger partial charge in [0, 0.05) is 6.61 Å². The van der Waals surface area contributed by atoms with Crippen LogP contribution in [0.15, 0.2) is 24.3 Å². The highest BCUT2D eigenvalue weighted by Crippen LogP contribution is 2.44. The molecule has 37 heavy (non-hydrogen) atoms. The Labute approximate surface area is 227 Å². The molecule has 1 aliphatic heterocycles. The second-order valence-electron chi connectivity index (χ2n) is 13.4. The molecular weight excluding hydrogens is 462 g/mol. The van der Waals surface area contributed by atoms with E-state index in [1.54, 1.807) is 0 Å². The zero-order valence-electron chi connectivity index (χ0n) is 23.9. The molecular formula is C34H56F2O. The van der Waals surface area contributed by atoms with Crippen LogP contribution in [0.4, 0.5) is 8.78 Å². The quantitative estimate of drug-likeness (QED) is 0.195. The smallest absolute Gasteiger partial charge is 0.266 e. The van der Waals surface area contributed by atoms with E-state index in [1.807, 2.05) is 0 Å². The molecule has 2 atom stereocenters. The first-order valence-electron chi connectivity index (χ1n) is 16.4. The van der Waals surface area contributed by atoms with Gasteiger partial charge in [-0.1, -0.05) is 44.3 Å². The van der Waals surface area contributed by atoms with Crippen LogP contribution >= 0.6 is 0 Å². The molecule has 0 radical (unpaired) electrons. The van der Waals surface area contributed by atoms with Crippen molar-refractivity contribution < 1.29 is 13.5 Å². The van der Waals surface area contributed by atoms with E-state index in [9.17, 15) is 8.78 Å². The zero-order chi connectivity index (χ0) is 25.9. The highest BCUT2D eigenvalue weighted by atomic mass is 19.3. The molecule has 0 bridgehead atoms. The third-order valence-corrected chi connectivity index (χ3v) is 11.0. The summed E-state index contributed by atoms with van der Waals surface area (Å²) >= 11 is 0. The fourth-order valence-electron chi connectivity index (χ4n) is 8.60. The molecule has 4 fully saturated rings. The molecule has 0 N–H and O–H groups in total. The van der Waals surface area contributed by atoms with Gasteiger partial charge in [-0.15, -0.1) is 0 Å². The predicted octanol–water partition coefficient (Wildman–Crippen LogP) is 10.9. The topological polar surface area (TPSA) is 9.23 Å². The number of halogens is 2. The summed E-state index contributed by atoms with van der Waals surface area (Å²) in [6, 6.07) is 0. The molecule has 2 unspecified atom stereocenters. The monoisotopic (exact) mass is 518 g/mol. The van der Waals surface area contributed by atoms with Crippen LogP contribution in [0.25, 0.3) is 0 Å². The summed E-state index contributed by atoms with van der Waals surface area (Å²) in [6.07, 6.45) is 31.2. The lowest BCUT2D eigenvalue weighted by Crippen LogP contribution is -2.35. The second kappa shape index (κ2) is 15.8. The predicted molar refractivity (Wildman–Crippen MR) is 152 cm³/mol. The lowest BCUT2D eigenvalue weighted by molar-refractivity contribution is -0.0621. The van der Waals surface area contributed by atoms with Gasteiger partial charge in [0.25, 0.3) is 6.08 Å². The van der Waals surface area contributed by atoms with Gasteiger partial charge >= 0.3 is 0 Å². The largest absolute Gasteiger partial charge is 0.378 e. The van der Waals surface area contributed by atoms with Crippen LogP contribution in [0.2, 0.25) is 0 Å². The van der Waals surface area contributed by atoms with Gasteiger partial charge in [0.05, 0.1) is 6.10 Å². The molecule has 0 amide bonds. The van der Waals surface area contributed by atoms with E-state index < -0.39 is 6.08 Å². The molecule has 1 nitrogen and oxygen atoms in total. The van der Waals surface area contributed by atoms with Crippen molar-refractivity contribution in [1.82, 2.24) is 0 Å². The van der Waals surface area contributed by atoms with Crippen LogP contribution in [-0.2, 0) is 4.74 Å². The van der Waals surface area contributed by atoms with Gasteiger partial charge in [-0.25, -0.2) is 0 Å². The Kier molecular flexibility index (Phi) is 12.5. The Hall–Kier alpha value is -0.700. The van der Waals surface area contributed by atoms with E-state index in [0.717, 1.165) is 54.6 Å². The summed E-state index contributed by atoms with van der Waals surface area (Å²) in [5.74, 6) is 5.95. The first-order valence-corrected chi connectivity index (χ1v) is 16.4. The van der Waals surface area contributed by atoms with Gasteiger partial charge in [-0.05, 0) is 151 Å². The summed E-state index contributed by atoms with van der Waals surface area (Å²) in [6.45, 7) is 3.18. The van der Waals surface area contributed by atoms with Crippen LogP contribution in [0, 0.1) is 41.4 Å². The van der Waals surface area contributed by atoms with E-state index in [0.29, 0.717) is 18.4 Å². The van der Waals surface area contributed by atoms with Crippen molar-refractivity contribution in [3.05, 3.63) is 24.3 Å². The summed E-state index contributed by atoms with van der Waals surface area (Å²) in [7, 11) is 0. The third kappa shape index (κ3) is 9.77. The molecule has 3 saturated carbocycles. The minimum atomic E-state index is -1.51. The highest BCUT2D eigenvalue weighted by Gasteiger charge is 2.35. The van der Waals surface area contributed by atoms with E-state index in [-0.39, 0.29) is 0 Å². The summed E-state index contributed by atoms with van der Waals surface area (Å²) in [4.78, 5) is 0. The van der Waals surface area contributed by atoms with Crippen LogP contribution in [0.3, 0.4) is 0 Å². The van der Waals surface area contributed by atoms with Gasteiger partial charge in [0.1, 0.15) is 0 Å². The van der Waals surface area contributed by atoms with E-state index in [4.69, 9.17) is 4.74 Å². The molecule has 3 heteroatoms. The maximum absolute atomic E-state index is 12.3. The molecule has 0 aromatic rings. The van der Waals surface area contributed by atoms with E-state index >= 15 is 0 Å². The number of unbranched alkanes of at least 4 members (excludes halogenated alkanes) is 1. The zero-order valence-corrected chi connectivity index (χ0v) is 23.9. The van der Waals surface area contributed by atoms with Crippen molar-refractivity contribution in [3.8, 4) is 0 Å². The van der Waals surface area contributed by atoms with Crippen LogP contribution in [0.5, 0.6) is 0 Å². The number of allylic oxidation sites excluding steroid dienone is 3. The van der Waals surface area contributed by atoms with E-state index in [1.165, 1.54) is 116 Å². The Morgan fingerprint density at radius 2 is 1.19 bits per heavy atom. The summed E-state index contributed by atoms with van der Waals surface area (Å²) in [5.41, 5.74) is 0. The van der Waals surface area contributed by atoms with Gasteiger partial charge in [0.15, 0.2) is 0 Å². The molecule has 3 aliphatic carbocycles. The Morgan fingerprint density at radius 3 is 1.78 bits per heavy atom. The van der Waals surface area contributed by atoms with Crippen molar-refractivity contribution in [3.63, 3.8) is 0 Å². The summed E-state index contributed by atoms with van der Waals surface area (Å²) < 4.78 is 31.1. The number of hydrogen-bond acceptors (Lipinski definition) is 1.